The van der Waals surface area contributed by atoms with Crippen LogP contribution in [0.15, 0.2) is 22.7 Å². The maximum atomic E-state index is 13.5. The van der Waals surface area contributed by atoms with E-state index in [2.05, 4.69) is 34.7 Å². The molecule has 0 atom stereocenters. The molecule has 0 saturated heterocycles. The summed E-state index contributed by atoms with van der Waals surface area (Å²) in [7, 11) is 2.02. The fourth-order valence-electron chi connectivity index (χ4n) is 1.63. The van der Waals surface area contributed by atoms with Gasteiger partial charge in [0.2, 0.25) is 0 Å². The van der Waals surface area contributed by atoms with E-state index in [1.807, 2.05) is 19.2 Å². The van der Waals surface area contributed by atoms with E-state index in [-0.39, 0.29) is 5.82 Å². The molecule has 0 spiro atoms. The number of halogens is 2. The normalized spacial score (nSPS) is 11.4. The van der Waals surface area contributed by atoms with E-state index in [9.17, 15) is 4.39 Å². The molecule has 84 valence electrons. The molecule has 1 rings (SSSR count). The summed E-state index contributed by atoms with van der Waals surface area (Å²) in [6.45, 7) is 5.97. The van der Waals surface area contributed by atoms with Gasteiger partial charge in [0, 0.05) is 23.1 Å². The lowest BCUT2D eigenvalue weighted by Crippen LogP contribution is -2.23. The minimum absolute atomic E-state index is 0.139. The van der Waals surface area contributed by atoms with Crippen LogP contribution in [0.1, 0.15) is 19.4 Å². The van der Waals surface area contributed by atoms with Crippen LogP contribution in [0, 0.1) is 11.7 Å². The molecule has 0 heterocycles. The van der Waals surface area contributed by atoms with E-state index in [1.54, 1.807) is 0 Å². The van der Waals surface area contributed by atoms with Crippen LogP contribution in [-0.2, 0) is 6.54 Å². The maximum absolute atomic E-state index is 13.5. The lowest BCUT2D eigenvalue weighted by molar-refractivity contribution is 0.284. The quantitative estimate of drug-likeness (QED) is 0.809. The first-order chi connectivity index (χ1) is 6.99. The Morgan fingerprint density at radius 2 is 2.07 bits per heavy atom. The Morgan fingerprint density at radius 1 is 1.40 bits per heavy atom. The van der Waals surface area contributed by atoms with Crippen LogP contribution in [0.3, 0.4) is 0 Å². The Kier molecular flexibility index (Phi) is 4.74. The molecular formula is C12H17BrFN. The summed E-state index contributed by atoms with van der Waals surface area (Å²) in [4.78, 5) is 2.14. The average Bonchev–Trinajstić information content (AvgIpc) is 2.08. The molecule has 0 amide bonds. The van der Waals surface area contributed by atoms with Crippen molar-refractivity contribution in [3.8, 4) is 0 Å². The monoisotopic (exact) mass is 273 g/mol. The molecule has 0 N–H and O–H groups in total. The number of hydrogen-bond acceptors (Lipinski definition) is 1. The summed E-state index contributed by atoms with van der Waals surface area (Å²) >= 11 is 3.25. The summed E-state index contributed by atoms with van der Waals surface area (Å²) in [5, 5.41) is 0. The second kappa shape index (κ2) is 5.61. The first-order valence-electron chi connectivity index (χ1n) is 5.11. The molecule has 0 radical (unpaired) electrons. The zero-order valence-electron chi connectivity index (χ0n) is 9.43. The van der Waals surface area contributed by atoms with Crippen LogP contribution in [0.5, 0.6) is 0 Å². The Morgan fingerprint density at radius 3 is 2.60 bits per heavy atom. The molecule has 1 aromatic rings. The van der Waals surface area contributed by atoms with Gasteiger partial charge in [0.25, 0.3) is 0 Å². The molecule has 1 nitrogen and oxygen atoms in total. The van der Waals surface area contributed by atoms with Crippen LogP contribution in [0.25, 0.3) is 0 Å². The topological polar surface area (TPSA) is 3.24 Å². The number of benzene rings is 1. The summed E-state index contributed by atoms with van der Waals surface area (Å²) in [6.07, 6.45) is 0. The standard InChI is InChI=1S/C12H17BrFN/c1-9(2)7-15(3)8-10-4-5-11(13)6-12(10)14/h4-6,9H,7-8H2,1-3H3. The van der Waals surface area contributed by atoms with Crippen molar-refractivity contribution in [3.05, 3.63) is 34.1 Å². The molecular weight excluding hydrogens is 257 g/mol. The third-order valence-corrected chi connectivity index (χ3v) is 2.63. The second-order valence-corrected chi connectivity index (χ2v) is 5.24. The lowest BCUT2D eigenvalue weighted by atomic mass is 10.1. The van der Waals surface area contributed by atoms with E-state index >= 15 is 0 Å². The highest BCUT2D eigenvalue weighted by atomic mass is 79.9. The largest absolute Gasteiger partial charge is 0.302 e. The van der Waals surface area contributed by atoms with Gasteiger partial charge in [-0.2, -0.15) is 0 Å². The summed E-state index contributed by atoms with van der Waals surface area (Å²) in [6, 6.07) is 5.22. The van der Waals surface area contributed by atoms with E-state index in [0.717, 1.165) is 16.6 Å². The Hall–Kier alpha value is -0.410. The van der Waals surface area contributed by atoms with E-state index in [1.165, 1.54) is 6.07 Å². The van der Waals surface area contributed by atoms with Gasteiger partial charge >= 0.3 is 0 Å². The first kappa shape index (κ1) is 12.7. The van der Waals surface area contributed by atoms with Gasteiger partial charge in [-0.1, -0.05) is 35.8 Å². The first-order valence-corrected chi connectivity index (χ1v) is 5.91. The molecule has 0 bridgehead atoms. The van der Waals surface area contributed by atoms with E-state index < -0.39 is 0 Å². The zero-order valence-corrected chi connectivity index (χ0v) is 11.0. The van der Waals surface area contributed by atoms with Crippen molar-refractivity contribution in [2.45, 2.75) is 20.4 Å². The van der Waals surface area contributed by atoms with Crippen molar-refractivity contribution < 1.29 is 4.39 Å². The van der Waals surface area contributed by atoms with Crippen molar-refractivity contribution in [1.82, 2.24) is 4.90 Å². The molecule has 1 aromatic carbocycles. The van der Waals surface area contributed by atoms with Crippen molar-refractivity contribution in [2.75, 3.05) is 13.6 Å². The summed E-state index contributed by atoms with van der Waals surface area (Å²) in [5.74, 6) is 0.466. The molecule has 0 unspecified atom stereocenters. The third-order valence-electron chi connectivity index (χ3n) is 2.13. The van der Waals surface area contributed by atoms with Crippen LogP contribution < -0.4 is 0 Å². The van der Waals surface area contributed by atoms with Crippen LogP contribution >= 0.6 is 15.9 Å². The molecule has 0 aliphatic heterocycles. The predicted octanol–water partition coefficient (Wildman–Crippen LogP) is 3.68. The highest BCUT2D eigenvalue weighted by molar-refractivity contribution is 9.10. The Labute approximate surface area is 99.4 Å². The van der Waals surface area contributed by atoms with E-state index in [0.29, 0.717) is 12.5 Å². The molecule has 0 fully saturated rings. The zero-order chi connectivity index (χ0) is 11.4. The van der Waals surface area contributed by atoms with Gasteiger partial charge in [0.1, 0.15) is 5.82 Å². The van der Waals surface area contributed by atoms with Crippen molar-refractivity contribution in [3.63, 3.8) is 0 Å². The van der Waals surface area contributed by atoms with Crippen molar-refractivity contribution in [1.29, 1.82) is 0 Å². The van der Waals surface area contributed by atoms with Gasteiger partial charge in [0.15, 0.2) is 0 Å². The van der Waals surface area contributed by atoms with Gasteiger partial charge in [-0.3, -0.25) is 0 Å². The van der Waals surface area contributed by atoms with Crippen LogP contribution in [-0.4, -0.2) is 18.5 Å². The van der Waals surface area contributed by atoms with Crippen LogP contribution in [0.4, 0.5) is 4.39 Å². The fourth-order valence-corrected chi connectivity index (χ4v) is 1.96. The van der Waals surface area contributed by atoms with E-state index in [4.69, 9.17) is 0 Å². The molecule has 3 heteroatoms. The Balaban J connectivity index is 2.64. The maximum Gasteiger partial charge on any atom is 0.128 e. The second-order valence-electron chi connectivity index (χ2n) is 4.33. The van der Waals surface area contributed by atoms with Crippen molar-refractivity contribution >= 4 is 15.9 Å². The minimum atomic E-state index is -0.139. The lowest BCUT2D eigenvalue weighted by Gasteiger charge is -2.19. The molecule has 0 aliphatic carbocycles. The molecule has 0 aromatic heterocycles. The summed E-state index contributed by atoms with van der Waals surface area (Å²) in [5.41, 5.74) is 0.751. The third kappa shape index (κ3) is 4.31. The van der Waals surface area contributed by atoms with Gasteiger partial charge in [-0.15, -0.1) is 0 Å². The SMILES string of the molecule is CC(C)CN(C)Cc1ccc(Br)cc1F. The predicted molar refractivity (Wildman–Crippen MR) is 65.3 cm³/mol. The van der Waals surface area contributed by atoms with Crippen molar-refractivity contribution in [2.24, 2.45) is 5.92 Å². The molecule has 0 aliphatic rings. The average molecular weight is 274 g/mol. The summed E-state index contributed by atoms with van der Waals surface area (Å²) < 4.78 is 14.3. The Bertz CT molecular complexity index is 325. The van der Waals surface area contributed by atoms with Gasteiger partial charge < -0.3 is 4.90 Å². The molecule has 15 heavy (non-hydrogen) atoms. The van der Waals surface area contributed by atoms with Gasteiger partial charge in [-0.05, 0) is 25.1 Å². The number of hydrogen-bond donors (Lipinski definition) is 0. The van der Waals surface area contributed by atoms with Gasteiger partial charge in [-0.25, -0.2) is 4.39 Å². The molecule has 0 saturated carbocycles. The fraction of sp³-hybridized carbons (Fsp3) is 0.500. The number of nitrogens with zero attached hydrogens (tertiary/aromatic N) is 1. The van der Waals surface area contributed by atoms with Gasteiger partial charge in [0.05, 0.1) is 0 Å². The number of rotatable bonds is 4. The highest BCUT2D eigenvalue weighted by Crippen LogP contribution is 2.16. The van der Waals surface area contributed by atoms with Crippen LogP contribution in [0.2, 0.25) is 0 Å². The minimum Gasteiger partial charge on any atom is -0.302 e. The smallest absolute Gasteiger partial charge is 0.128 e. The highest BCUT2D eigenvalue weighted by Gasteiger charge is 2.07.